The normalized spacial score (nSPS) is 10.6. The van der Waals surface area contributed by atoms with Crippen LogP contribution in [0.1, 0.15) is 6.42 Å². The Morgan fingerprint density at radius 2 is 2.43 bits per heavy atom. The molecular formula is C8H11N5S. The minimum Gasteiger partial charge on any atom is -0.330 e. The maximum Gasteiger partial charge on any atom is 0.175 e. The first kappa shape index (κ1) is 9.29. The van der Waals surface area contributed by atoms with E-state index in [1.165, 1.54) is 0 Å². The van der Waals surface area contributed by atoms with E-state index < -0.39 is 0 Å². The number of hydrogen-bond acceptors (Lipinski definition) is 5. The third kappa shape index (κ3) is 1.80. The predicted octanol–water partition coefficient (Wildman–Crippen LogP) is 0.750. The van der Waals surface area contributed by atoms with Crippen LogP contribution >= 0.6 is 11.3 Å². The van der Waals surface area contributed by atoms with Crippen LogP contribution in [0.5, 0.6) is 0 Å². The van der Waals surface area contributed by atoms with Gasteiger partial charge in [0.15, 0.2) is 5.82 Å². The van der Waals surface area contributed by atoms with Gasteiger partial charge in [-0.3, -0.25) is 4.98 Å². The number of hydrogen-bond donors (Lipinski definition) is 1. The fourth-order valence-corrected chi connectivity index (χ4v) is 1.82. The highest BCUT2D eigenvalue weighted by atomic mass is 32.1. The molecule has 0 saturated heterocycles. The molecule has 0 atom stereocenters. The summed E-state index contributed by atoms with van der Waals surface area (Å²) in [6, 6.07) is 0. The lowest BCUT2D eigenvalue weighted by Gasteiger charge is -2.02. The summed E-state index contributed by atoms with van der Waals surface area (Å²) < 4.78 is 2.00. The van der Waals surface area contributed by atoms with Crippen LogP contribution in [0.3, 0.4) is 0 Å². The van der Waals surface area contributed by atoms with Gasteiger partial charge in [0.2, 0.25) is 0 Å². The van der Waals surface area contributed by atoms with Crippen LogP contribution in [0.4, 0.5) is 0 Å². The fourth-order valence-electron chi connectivity index (χ4n) is 1.20. The first-order valence-electron chi connectivity index (χ1n) is 4.38. The van der Waals surface area contributed by atoms with Crippen molar-refractivity contribution in [2.75, 3.05) is 6.54 Å². The van der Waals surface area contributed by atoms with Crippen molar-refractivity contribution in [1.29, 1.82) is 0 Å². The largest absolute Gasteiger partial charge is 0.330 e. The molecule has 2 N–H and O–H groups in total. The number of nitrogens with zero attached hydrogens (tertiary/aromatic N) is 4. The van der Waals surface area contributed by atoms with Crippen molar-refractivity contribution >= 4 is 11.3 Å². The number of aromatic nitrogens is 4. The van der Waals surface area contributed by atoms with Gasteiger partial charge in [-0.25, -0.2) is 0 Å². The van der Waals surface area contributed by atoms with Gasteiger partial charge in [-0.05, 0) is 13.0 Å². The molecule has 0 aliphatic heterocycles. The molecule has 5 nitrogen and oxygen atoms in total. The highest BCUT2D eigenvalue weighted by Gasteiger charge is 2.07. The summed E-state index contributed by atoms with van der Waals surface area (Å²) in [6.07, 6.45) is 4.46. The fraction of sp³-hybridized carbons (Fsp3) is 0.375. The molecule has 6 heteroatoms. The molecule has 2 heterocycles. The zero-order chi connectivity index (χ0) is 9.80. The quantitative estimate of drug-likeness (QED) is 0.806. The third-order valence-corrected chi connectivity index (χ3v) is 2.64. The zero-order valence-electron chi connectivity index (χ0n) is 7.63. The predicted molar refractivity (Wildman–Crippen MR) is 54.8 cm³/mol. The van der Waals surface area contributed by atoms with E-state index in [9.17, 15) is 0 Å². The summed E-state index contributed by atoms with van der Waals surface area (Å²) in [4.78, 5) is 5.05. The monoisotopic (exact) mass is 209 g/mol. The van der Waals surface area contributed by atoms with E-state index in [0.29, 0.717) is 6.54 Å². The highest BCUT2D eigenvalue weighted by molar-refractivity contribution is 7.13. The van der Waals surface area contributed by atoms with Crippen LogP contribution in [0, 0.1) is 0 Å². The second-order valence-electron chi connectivity index (χ2n) is 2.86. The van der Waals surface area contributed by atoms with Crippen LogP contribution in [0.25, 0.3) is 10.7 Å². The molecule has 2 aromatic heterocycles. The zero-order valence-corrected chi connectivity index (χ0v) is 8.44. The molecule has 0 radical (unpaired) electrons. The molecule has 0 fully saturated rings. The van der Waals surface area contributed by atoms with E-state index in [4.69, 9.17) is 5.73 Å². The van der Waals surface area contributed by atoms with Gasteiger partial charge in [-0.15, -0.1) is 21.5 Å². The van der Waals surface area contributed by atoms with Gasteiger partial charge in [0.05, 0.1) is 10.4 Å². The molecule has 2 aromatic rings. The van der Waals surface area contributed by atoms with E-state index in [2.05, 4.69) is 15.2 Å². The molecule has 0 aliphatic carbocycles. The first-order valence-corrected chi connectivity index (χ1v) is 5.26. The van der Waals surface area contributed by atoms with E-state index in [0.717, 1.165) is 23.7 Å². The number of rotatable bonds is 4. The summed E-state index contributed by atoms with van der Waals surface area (Å²) >= 11 is 1.56. The van der Waals surface area contributed by atoms with E-state index in [1.54, 1.807) is 29.4 Å². The van der Waals surface area contributed by atoms with Crippen molar-refractivity contribution in [3.05, 3.63) is 18.0 Å². The molecule has 14 heavy (non-hydrogen) atoms. The molecule has 0 spiro atoms. The summed E-state index contributed by atoms with van der Waals surface area (Å²) in [7, 11) is 0. The number of nitrogens with two attached hydrogens (primary N) is 1. The Balaban J connectivity index is 2.22. The van der Waals surface area contributed by atoms with Crippen molar-refractivity contribution < 1.29 is 0 Å². The average molecular weight is 209 g/mol. The Kier molecular flexibility index (Phi) is 2.85. The second kappa shape index (κ2) is 4.30. The van der Waals surface area contributed by atoms with E-state index in [-0.39, 0.29) is 0 Å². The maximum atomic E-state index is 5.45. The summed E-state index contributed by atoms with van der Waals surface area (Å²) in [6.45, 7) is 1.54. The van der Waals surface area contributed by atoms with Crippen LogP contribution in [-0.4, -0.2) is 26.3 Å². The highest BCUT2D eigenvalue weighted by Crippen LogP contribution is 2.20. The van der Waals surface area contributed by atoms with Gasteiger partial charge in [0.25, 0.3) is 0 Å². The third-order valence-electron chi connectivity index (χ3n) is 1.87. The maximum absolute atomic E-state index is 5.45. The van der Waals surface area contributed by atoms with Gasteiger partial charge in [0, 0.05) is 12.7 Å². The van der Waals surface area contributed by atoms with Crippen LogP contribution in [0.15, 0.2) is 18.0 Å². The molecular weight excluding hydrogens is 198 g/mol. The van der Waals surface area contributed by atoms with Crippen molar-refractivity contribution in [2.45, 2.75) is 13.0 Å². The van der Waals surface area contributed by atoms with Gasteiger partial charge < -0.3 is 10.3 Å². The lowest BCUT2D eigenvalue weighted by molar-refractivity contribution is 0.654. The van der Waals surface area contributed by atoms with Gasteiger partial charge in [-0.2, -0.15) is 0 Å². The summed E-state index contributed by atoms with van der Waals surface area (Å²) in [5.41, 5.74) is 7.24. The minimum atomic E-state index is 0.681. The van der Waals surface area contributed by atoms with Gasteiger partial charge in [-0.1, -0.05) is 0 Å². The topological polar surface area (TPSA) is 69.6 Å². The van der Waals surface area contributed by atoms with Crippen LogP contribution in [0.2, 0.25) is 0 Å². The van der Waals surface area contributed by atoms with Crippen molar-refractivity contribution in [3.8, 4) is 10.7 Å². The molecule has 74 valence electrons. The van der Waals surface area contributed by atoms with E-state index >= 15 is 0 Å². The standard InChI is InChI=1S/C8H11N5S/c9-2-1-3-13-5-11-12-8(13)7-4-10-6-14-7/h4-6H,1-3,9H2. The molecule has 0 aliphatic rings. The molecule has 0 aromatic carbocycles. The molecule has 0 saturated carbocycles. The van der Waals surface area contributed by atoms with Gasteiger partial charge in [0.1, 0.15) is 6.33 Å². The lowest BCUT2D eigenvalue weighted by atomic mass is 10.4. The Hall–Kier alpha value is -1.27. The van der Waals surface area contributed by atoms with Crippen LogP contribution < -0.4 is 5.73 Å². The first-order chi connectivity index (χ1) is 6.92. The lowest BCUT2D eigenvalue weighted by Crippen LogP contribution is -2.05. The Labute approximate surface area is 85.6 Å². The van der Waals surface area contributed by atoms with Crippen molar-refractivity contribution in [3.63, 3.8) is 0 Å². The van der Waals surface area contributed by atoms with Crippen molar-refractivity contribution in [2.24, 2.45) is 5.73 Å². The smallest absolute Gasteiger partial charge is 0.175 e. The van der Waals surface area contributed by atoms with Crippen LogP contribution in [-0.2, 0) is 6.54 Å². The Morgan fingerprint density at radius 1 is 1.50 bits per heavy atom. The molecule has 0 amide bonds. The van der Waals surface area contributed by atoms with E-state index in [1.807, 2.05) is 4.57 Å². The summed E-state index contributed by atoms with van der Waals surface area (Å²) in [5.74, 6) is 0.876. The number of aryl methyl sites for hydroxylation is 1. The summed E-state index contributed by atoms with van der Waals surface area (Å²) in [5, 5.41) is 7.94. The Bertz CT molecular complexity index is 380. The molecule has 0 unspecified atom stereocenters. The Morgan fingerprint density at radius 3 is 3.14 bits per heavy atom. The average Bonchev–Trinajstić information content (AvgIpc) is 2.84. The minimum absolute atomic E-state index is 0.681. The molecule has 0 bridgehead atoms. The SMILES string of the molecule is NCCCn1cnnc1-c1cncs1. The van der Waals surface area contributed by atoms with Gasteiger partial charge >= 0.3 is 0 Å². The number of thiazole rings is 1. The molecule has 2 rings (SSSR count). The second-order valence-corrected chi connectivity index (χ2v) is 3.74. The van der Waals surface area contributed by atoms with Crippen molar-refractivity contribution in [1.82, 2.24) is 19.7 Å².